The SMILES string of the molecule is C#C.C/C(=C\C=C(\F)CF)CNCC1C(c2ccc(C)cn2)C(c2ccc(Cl)cc2Cl)C=CC1(N)C=N.CC. The van der Waals surface area contributed by atoms with Crippen molar-refractivity contribution in [1.82, 2.24) is 10.3 Å². The number of nitrogens with two attached hydrogens (primary N) is 1. The number of rotatable bonds is 9. The highest BCUT2D eigenvalue weighted by molar-refractivity contribution is 6.35. The first kappa shape index (κ1) is 34.2. The molecule has 3 rings (SSSR count). The van der Waals surface area contributed by atoms with Gasteiger partial charge >= 0.3 is 0 Å². The van der Waals surface area contributed by atoms with Crippen LogP contribution < -0.4 is 11.1 Å². The molecule has 2 aromatic rings. The van der Waals surface area contributed by atoms with E-state index in [1.165, 1.54) is 6.21 Å². The number of nitrogens with one attached hydrogen (secondary N) is 2. The number of terminal acetylenes is 1. The van der Waals surface area contributed by atoms with E-state index in [0.29, 0.717) is 23.1 Å². The molecule has 8 heteroatoms. The average Bonchev–Trinajstić information content (AvgIpc) is 2.95. The van der Waals surface area contributed by atoms with Crippen molar-refractivity contribution in [3.63, 3.8) is 0 Å². The molecule has 4 nitrogen and oxygen atoms in total. The topological polar surface area (TPSA) is 74.8 Å². The van der Waals surface area contributed by atoms with Gasteiger partial charge in [-0.2, -0.15) is 0 Å². The molecule has 1 aliphatic carbocycles. The van der Waals surface area contributed by atoms with E-state index in [4.69, 9.17) is 39.3 Å². The zero-order chi connectivity index (χ0) is 29.6. The Kier molecular flexibility index (Phi) is 14.9. The maximum absolute atomic E-state index is 13.1. The van der Waals surface area contributed by atoms with Crippen LogP contribution in [0.3, 0.4) is 0 Å². The summed E-state index contributed by atoms with van der Waals surface area (Å²) in [6.07, 6.45) is 17.6. The molecule has 0 saturated heterocycles. The summed E-state index contributed by atoms with van der Waals surface area (Å²) in [5.74, 6) is -1.40. The van der Waals surface area contributed by atoms with Crippen molar-refractivity contribution in [2.24, 2.45) is 11.7 Å². The monoisotopic (exact) mass is 574 g/mol. The van der Waals surface area contributed by atoms with Gasteiger partial charge in [-0.05, 0) is 49.2 Å². The Bertz CT molecular complexity index is 1170. The summed E-state index contributed by atoms with van der Waals surface area (Å²) in [5.41, 5.74) is 9.33. The van der Waals surface area contributed by atoms with Gasteiger partial charge in [-0.3, -0.25) is 4.98 Å². The molecule has 4 unspecified atom stereocenters. The lowest BCUT2D eigenvalue weighted by atomic mass is 9.64. The smallest absolute Gasteiger partial charge is 0.141 e. The molecule has 4 N–H and O–H groups in total. The van der Waals surface area contributed by atoms with E-state index >= 15 is 0 Å². The summed E-state index contributed by atoms with van der Waals surface area (Å²) >= 11 is 12.8. The second-order valence-electron chi connectivity index (χ2n) is 8.98. The van der Waals surface area contributed by atoms with Crippen molar-refractivity contribution < 1.29 is 8.78 Å². The molecule has 39 heavy (non-hydrogen) atoms. The zero-order valence-corrected chi connectivity index (χ0v) is 24.4. The molecule has 4 atom stereocenters. The van der Waals surface area contributed by atoms with Gasteiger partial charge in [-0.25, -0.2) is 8.78 Å². The van der Waals surface area contributed by atoms with Gasteiger partial charge in [-0.1, -0.05) is 73.0 Å². The van der Waals surface area contributed by atoms with Crippen LogP contribution in [0.4, 0.5) is 8.78 Å². The molecule has 0 aliphatic heterocycles. The molecular weight excluding hydrogens is 537 g/mol. The first-order valence-corrected chi connectivity index (χ1v) is 13.4. The van der Waals surface area contributed by atoms with Crippen molar-refractivity contribution in [3.8, 4) is 12.8 Å². The second kappa shape index (κ2) is 17.0. The maximum Gasteiger partial charge on any atom is 0.141 e. The Hall–Kier alpha value is -2.82. The summed E-state index contributed by atoms with van der Waals surface area (Å²) in [6, 6.07) is 9.44. The summed E-state index contributed by atoms with van der Waals surface area (Å²) < 4.78 is 25.5. The number of hydrogen-bond acceptors (Lipinski definition) is 4. The fourth-order valence-electron chi connectivity index (χ4n) is 4.43. The van der Waals surface area contributed by atoms with Gasteiger partial charge in [0, 0.05) is 59.0 Å². The minimum absolute atomic E-state index is 0.142. The molecule has 1 heterocycles. The summed E-state index contributed by atoms with van der Waals surface area (Å²) in [6.45, 7) is 7.59. The Morgan fingerprint density at radius 3 is 2.46 bits per heavy atom. The first-order valence-electron chi connectivity index (χ1n) is 12.7. The molecule has 0 amide bonds. The third-order valence-electron chi connectivity index (χ3n) is 6.35. The normalized spacial score (nSPS) is 22.7. The predicted octanol–water partition coefficient (Wildman–Crippen LogP) is 7.73. The lowest BCUT2D eigenvalue weighted by Gasteiger charge is -2.44. The number of alkyl halides is 1. The van der Waals surface area contributed by atoms with Crippen LogP contribution in [0.15, 0.2) is 72.2 Å². The van der Waals surface area contributed by atoms with Crippen LogP contribution in [-0.4, -0.2) is 36.5 Å². The fraction of sp³-hybridized carbons (Fsp3) is 0.355. The molecule has 0 spiro atoms. The first-order chi connectivity index (χ1) is 18.7. The van der Waals surface area contributed by atoms with Gasteiger partial charge in [0.15, 0.2) is 0 Å². The Morgan fingerprint density at radius 2 is 1.90 bits per heavy atom. The molecule has 0 radical (unpaired) electrons. The van der Waals surface area contributed by atoms with E-state index in [0.717, 1.165) is 28.5 Å². The highest BCUT2D eigenvalue weighted by Crippen LogP contribution is 2.47. The van der Waals surface area contributed by atoms with Gasteiger partial charge in [-0.15, -0.1) is 12.8 Å². The molecular formula is C31H38Cl2F2N4. The number of aromatic nitrogens is 1. The van der Waals surface area contributed by atoms with Crippen molar-refractivity contribution in [3.05, 3.63) is 99.1 Å². The van der Waals surface area contributed by atoms with Crippen LogP contribution in [0.1, 0.15) is 49.4 Å². The number of aryl methyl sites for hydroxylation is 1. The minimum atomic E-state index is -1.12. The highest BCUT2D eigenvalue weighted by atomic mass is 35.5. The third kappa shape index (κ3) is 9.40. The highest BCUT2D eigenvalue weighted by Gasteiger charge is 2.45. The predicted molar refractivity (Wildman–Crippen MR) is 162 cm³/mol. The largest absolute Gasteiger partial charge is 0.317 e. The lowest BCUT2D eigenvalue weighted by Crippen LogP contribution is -2.55. The van der Waals surface area contributed by atoms with Crippen LogP contribution in [0.5, 0.6) is 0 Å². The number of nitrogens with zero attached hydrogens (tertiary/aromatic N) is 1. The van der Waals surface area contributed by atoms with E-state index < -0.39 is 18.0 Å². The molecule has 210 valence electrons. The number of benzene rings is 1. The standard InChI is InChI=1S/C27H30Cl2F2N4.C2H6.C2H2/c1-17(3-6-20(31)12-30)13-34-15-23-26(25-8-4-18(2)14-35-25)22(9-10-27(23,33)16-32)21-7-5-19(28)11-24(21)29;2*1-2/h3-11,14,16,22-23,26,32,34H,12-13,15,33H2,1-2H3;1-2H3;1-2H/b17-3+,20-6+,32-16?;;. The van der Waals surface area contributed by atoms with Gasteiger partial charge in [0.1, 0.15) is 12.5 Å². The van der Waals surface area contributed by atoms with Gasteiger partial charge in [0.2, 0.25) is 0 Å². The maximum atomic E-state index is 13.1. The summed E-state index contributed by atoms with van der Waals surface area (Å²) in [7, 11) is 0. The number of allylic oxidation sites excluding steroid dienone is 4. The fourth-order valence-corrected chi connectivity index (χ4v) is 4.96. The van der Waals surface area contributed by atoms with Gasteiger partial charge in [0.25, 0.3) is 0 Å². The Labute approximate surface area is 241 Å². The zero-order valence-electron chi connectivity index (χ0n) is 22.9. The summed E-state index contributed by atoms with van der Waals surface area (Å²) in [4.78, 5) is 4.72. The van der Waals surface area contributed by atoms with E-state index in [2.05, 4.69) is 18.2 Å². The van der Waals surface area contributed by atoms with Gasteiger partial charge < -0.3 is 16.5 Å². The van der Waals surface area contributed by atoms with E-state index in [1.54, 1.807) is 12.1 Å². The third-order valence-corrected chi connectivity index (χ3v) is 6.91. The molecule has 0 fully saturated rings. The minimum Gasteiger partial charge on any atom is -0.317 e. The van der Waals surface area contributed by atoms with Crippen molar-refractivity contribution in [2.75, 3.05) is 19.8 Å². The van der Waals surface area contributed by atoms with E-state index in [1.807, 2.05) is 70.3 Å². The number of halogens is 4. The molecule has 0 saturated carbocycles. The van der Waals surface area contributed by atoms with E-state index in [-0.39, 0.29) is 17.8 Å². The summed E-state index contributed by atoms with van der Waals surface area (Å²) in [5, 5.41) is 12.6. The molecule has 1 aromatic carbocycles. The van der Waals surface area contributed by atoms with Crippen LogP contribution in [0.25, 0.3) is 0 Å². The van der Waals surface area contributed by atoms with E-state index in [9.17, 15) is 8.78 Å². The van der Waals surface area contributed by atoms with Crippen LogP contribution >= 0.6 is 23.2 Å². The average molecular weight is 576 g/mol. The second-order valence-corrected chi connectivity index (χ2v) is 9.82. The molecule has 1 aliphatic rings. The van der Waals surface area contributed by atoms with Crippen LogP contribution in [-0.2, 0) is 0 Å². The molecule has 1 aromatic heterocycles. The van der Waals surface area contributed by atoms with Gasteiger partial charge in [0.05, 0.1) is 5.54 Å². The quantitative estimate of drug-likeness (QED) is 0.124. The number of pyridine rings is 1. The Balaban J connectivity index is 0.00000181. The van der Waals surface area contributed by atoms with Crippen LogP contribution in [0, 0.1) is 31.1 Å². The molecule has 0 bridgehead atoms. The Morgan fingerprint density at radius 1 is 1.21 bits per heavy atom. The lowest BCUT2D eigenvalue weighted by molar-refractivity contribution is 0.295. The van der Waals surface area contributed by atoms with Crippen molar-refractivity contribution in [2.45, 2.75) is 45.1 Å². The van der Waals surface area contributed by atoms with Crippen molar-refractivity contribution >= 4 is 29.4 Å². The van der Waals surface area contributed by atoms with Crippen molar-refractivity contribution in [1.29, 1.82) is 5.41 Å². The number of hydrogen-bond donors (Lipinski definition) is 3. The van der Waals surface area contributed by atoms with Crippen LogP contribution in [0.2, 0.25) is 10.0 Å².